The largest absolute Gasteiger partial charge is 0.338 e. The van der Waals surface area contributed by atoms with Gasteiger partial charge in [-0.15, -0.1) is 16.4 Å². The van der Waals surface area contributed by atoms with Crippen LogP contribution in [0.15, 0.2) is 40.9 Å². The predicted octanol–water partition coefficient (Wildman–Crippen LogP) is 1.75. The first kappa shape index (κ1) is 17.6. The molecule has 3 aromatic rings. The minimum atomic E-state index is -0.121. The summed E-state index contributed by atoms with van der Waals surface area (Å²) in [6.07, 6.45) is 5.17. The minimum absolute atomic E-state index is 0.0596. The van der Waals surface area contributed by atoms with E-state index in [-0.39, 0.29) is 11.5 Å². The van der Waals surface area contributed by atoms with E-state index in [9.17, 15) is 9.59 Å². The summed E-state index contributed by atoms with van der Waals surface area (Å²) in [5.74, 6) is 0.993. The molecule has 140 valence electrons. The van der Waals surface area contributed by atoms with Crippen molar-refractivity contribution in [3.05, 3.63) is 57.0 Å². The summed E-state index contributed by atoms with van der Waals surface area (Å²) >= 11 is 1.39. The Balaban J connectivity index is 1.41. The summed E-state index contributed by atoms with van der Waals surface area (Å²) in [5, 5.41) is 8.59. The van der Waals surface area contributed by atoms with Gasteiger partial charge in [0.05, 0.1) is 11.2 Å². The molecule has 0 unspecified atom stereocenters. The molecule has 1 fully saturated rings. The van der Waals surface area contributed by atoms with E-state index in [1.165, 1.54) is 22.1 Å². The number of carbonyl (C=O) groups excluding carboxylic acids is 1. The van der Waals surface area contributed by atoms with Crippen LogP contribution in [0.4, 0.5) is 0 Å². The topological polar surface area (TPSA) is 85.9 Å². The molecular weight excluding hydrogens is 364 g/mol. The highest BCUT2D eigenvalue weighted by molar-refractivity contribution is 7.11. The Labute approximate surface area is 160 Å². The van der Waals surface area contributed by atoms with Gasteiger partial charge in [0.25, 0.3) is 11.5 Å². The third-order valence-corrected chi connectivity index (χ3v) is 5.78. The van der Waals surface area contributed by atoms with Gasteiger partial charge >= 0.3 is 0 Å². The van der Waals surface area contributed by atoms with Crippen molar-refractivity contribution in [3.8, 4) is 5.82 Å². The van der Waals surface area contributed by atoms with Crippen LogP contribution in [-0.2, 0) is 6.54 Å². The number of amides is 1. The van der Waals surface area contributed by atoms with Gasteiger partial charge in [-0.05, 0) is 37.8 Å². The van der Waals surface area contributed by atoms with Gasteiger partial charge < -0.3 is 4.90 Å². The average molecular weight is 384 g/mol. The highest BCUT2D eigenvalue weighted by atomic mass is 32.1. The summed E-state index contributed by atoms with van der Waals surface area (Å²) in [6.45, 7) is 3.79. The van der Waals surface area contributed by atoms with Crippen LogP contribution in [0.1, 0.15) is 28.2 Å². The predicted molar refractivity (Wildman–Crippen MR) is 101 cm³/mol. The number of thiazole rings is 1. The minimum Gasteiger partial charge on any atom is -0.338 e. The van der Waals surface area contributed by atoms with E-state index >= 15 is 0 Å². The summed E-state index contributed by atoms with van der Waals surface area (Å²) in [7, 11) is 0. The number of rotatable bonds is 4. The first-order chi connectivity index (χ1) is 13.1. The molecule has 27 heavy (non-hydrogen) atoms. The zero-order valence-corrected chi connectivity index (χ0v) is 15.8. The summed E-state index contributed by atoms with van der Waals surface area (Å²) in [6, 6.07) is 5.01. The number of hydrogen-bond donors (Lipinski definition) is 0. The quantitative estimate of drug-likeness (QED) is 0.684. The second-order valence-corrected chi connectivity index (χ2v) is 7.52. The first-order valence-corrected chi connectivity index (χ1v) is 9.77. The molecule has 0 N–H and O–H groups in total. The molecule has 1 saturated heterocycles. The van der Waals surface area contributed by atoms with E-state index in [4.69, 9.17) is 0 Å². The second-order valence-electron chi connectivity index (χ2n) is 6.66. The third kappa shape index (κ3) is 3.68. The van der Waals surface area contributed by atoms with E-state index in [1.54, 1.807) is 28.7 Å². The number of nitrogens with zero attached hydrogens (tertiary/aromatic N) is 6. The van der Waals surface area contributed by atoms with E-state index in [0.29, 0.717) is 31.4 Å². The zero-order valence-electron chi connectivity index (χ0n) is 15.0. The van der Waals surface area contributed by atoms with Gasteiger partial charge in [-0.25, -0.2) is 14.3 Å². The smallest absolute Gasteiger partial charge is 0.266 e. The standard InChI is InChI=1S/C18H20N6O2S/c1-13-17(27-12-19-13)18(26)22-9-5-14(6-10-22)11-24-16(25)4-3-15(21-24)23-8-2-7-20-23/h2-4,7-8,12,14H,5-6,9-11H2,1H3. The van der Waals surface area contributed by atoms with Gasteiger partial charge in [-0.3, -0.25) is 9.59 Å². The molecule has 0 aromatic carbocycles. The lowest BCUT2D eigenvalue weighted by Gasteiger charge is -2.31. The lowest BCUT2D eigenvalue weighted by molar-refractivity contribution is 0.0684. The van der Waals surface area contributed by atoms with Crippen LogP contribution < -0.4 is 5.56 Å². The fourth-order valence-corrected chi connectivity index (χ4v) is 4.08. The van der Waals surface area contributed by atoms with Crippen LogP contribution in [-0.4, -0.2) is 48.4 Å². The molecule has 8 nitrogen and oxygen atoms in total. The number of piperidine rings is 1. The van der Waals surface area contributed by atoms with E-state index < -0.39 is 0 Å². The molecule has 4 rings (SSSR count). The molecule has 4 heterocycles. The van der Waals surface area contributed by atoms with Crippen LogP contribution in [0.2, 0.25) is 0 Å². The first-order valence-electron chi connectivity index (χ1n) is 8.89. The normalized spacial score (nSPS) is 15.2. The second kappa shape index (κ2) is 7.43. The van der Waals surface area contributed by atoms with Gasteiger partial charge in [0, 0.05) is 38.1 Å². The van der Waals surface area contributed by atoms with E-state index in [0.717, 1.165) is 23.4 Å². The molecular formula is C18H20N6O2S. The number of aromatic nitrogens is 5. The van der Waals surface area contributed by atoms with Crippen molar-refractivity contribution in [1.82, 2.24) is 29.4 Å². The molecule has 1 aliphatic rings. The van der Waals surface area contributed by atoms with Gasteiger partial charge in [-0.2, -0.15) is 5.10 Å². The maximum absolute atomic E-state index is 12.6. The molecule has 3 aromatic heterocycles. The van der Waals surface area contributed by atoms with Crippen molar-refractivity contribution >= 4 is 17.2 Å². The number of likely N-dealkylation sites (tertiary alicyclic amines) is 1. The van der Waals surface area contributed by atoms with Crippen molar-refractivity contribution < 1.29 is 4.79 Å². The average Bonchev–Trinajstić information content (AvgIpc) is 3.35. The summed E-state index contributed by atoms with van der Waals surface area (Å²) in [5.41, 5.74) is 2.38. The Bertz CT molecular complexity index is 985. The highest BCUT2D eigenvalue weighted by Crippen LogP contribution is 2.22. The van der Waals surface area contributed by atoms with Crippen molar-refractivity contribution in [2.75, 3.05) is 13.1 Å². The molecule has 1 amide bonds. The van der Waals surface area contributed by atoms with Gasteiger partial charge in [0.2, 0.25) is 0 Å². The maximum Gasteiger partial charge on any atom is 0.266 e. The van der Waals surface area contributed by atoms with Gasteiger partial charge in [-0.1, -0.05) is 0 Å². The summed E-state index contributed by atoms with van der Waals surface area (Å²) in [4.78, 5) is 31.5. The van der Waals surface area contributed by atoms with Crippen molar-refractivity contribution in [3.63, 3.8) is 0 Å². The van der Waals surface area contributed by atoms with Crippen LogP contribution >= 0.6 is 11.3 Å². The van der Waals surface area contributed by atoms with E-state index in [1.807, 2.05) is 17.9 Å². The third-order valence-electron chi connectivity index (χ3n) is 4.86. The lowest BCUT2D eigenvalue weighted by Crippen LogP contribution is -2.40. The van der Waals surface area contributed by atoms with Crippen LogP contribution in [0, 0.1) is 12.8 Å². The van der Waals surface area contributed by atoms with Crippen LogP contribution in [0.3, 0.4) is 0 Å². The Kier molecular flexibility index (Phi) is 4.85. The Morgan fingerprint density at radius 3 is 2.78 bits per heavy atom. The molecule has 0 aliphatic carbocycles. The van der Waals surface area contributed by atoms with Crippen molar-refractivity contribution in [1.29, 1.82) is 0 Å². The molecule has 1 aliphatic heterocycles. The molecule has 0 radical (unpaired) electrons. The maximum atomic E-state index is 12.6. The van der Waals surface area contributed by atoms with Crippen molar-refractivity contribution in [2.24, 2.45) is 5.92 Å². The Morgan fingerprint density at radius 2 is 2.11 bits per heavy atom. The summed E-state index contributed by atoms with van der Waals surface area (Å²) < 4.78 is 3.14. The number of aryl methyl sites for hydroxylation is 1. The van der Waals surface area contributed by atoms with E-state index in [2.05, 4.69) is 15.2 Å². The Hall–Kier alpha value is -2.81. The molecule has 0 saturated carbocycles. The molecule has 9 heteroatoms. The lowest BCUT2D eigenvalue weighted by atomic mass is 9.96. The Morgan fingerprint density at radius 1 is 1.30 bits per heavy atom. The SMILES string of the molecule is Cc1ncsc1C(=O)N1CCC(Cn2nc(-n3cccn3)ccc2=O)CC1. The van der Waals surface area contributed by atoms with Crippen molar-refractivity contribution in [2.45, 2.75) is 26.3 Å². The van der Waals surface area contributed by atoms with Crippen LogP contribution in [0.5, 0.6) is 0 Å². The van der Waals surface area contributed by atoms with Crippen LogP contribution in [0.25, 0.3) is 5.82 Å². The van der Waals surface area contributed by atoms with Gasteiger partial charge in [0.1, 0.15) is 4.88 Å². The van der Waals surface area contributed by atoms with Gasteiger partial charge in [0.15, 0.2) is 5.82 Å². The monoisotopic (exact) mass is 384 g/mol. The number of hydrogen-bond acceptors (Lipinski definition) is 6. The zero-order chi connectivity index (χ0) is 18.8. The molecule has 0 atom stereocenters. The number of carbonyl (C=O) groups is 1. The fraction of sp³-hybridized carbons (Fsp3) is 0.389. The highest BCUT2D eigenvalue weighted by Gasteiger charge is 2.26. The fourth-order valence-electron chi connectivity index (χ4n) is 3.31. The molecule has 0 spiro atoms. The molecule has 0 bridgehead atoms.